The van der Waals surface area contributed by atoms with Gasteiger partial charge in [0.05, 0.1) is 36.0 Å². The summed E-state index contributed by atoms with van der Waals surface area (Å²) in [6, 6.07) is 11.3. The van der Waals surface area contributed by atoms with E-state index in [0.29, 0.717) is 23.0 Å². The van der Waals surface area contributed by atoms with Crippen LogP contribution in [0.5, 0.6) is 5.75 Å². The van der Waals surface area contributed by atoms with Gasteiger partial charge in [-0.2, -0.15) is 5.10 Å². The van der Waals surface area contributed by atoms with Gasteiger partial charge in [-0.1, -0.05) is 29.8 Å². The molecule has 0 fully saturated rings. The quantitative estimate of drug-likeness (QED) is 0.299. The number of nitrogens with one attached hydrogen (secondary N) is 1. The van der Waals surface area contributed by atoms with Crippen LogP contribution in [0.2, 0.25) is 5.02 Å². The van der Waals surface area contributed by atoms with Crippen molar-refractivity contribution < 1.29 is 24.0 Å². The van der Waals surface area contributed by atoms with E-state index in [-0.39, 0.29) is 22.7 Å². The lowest BCUT2D eigenvalue weighted by atomic mass is 10.2. The van der Waals surface area contributed by atoms with Crippen LogP contribution in [0.4, 0.5) is 11.4 Å². The van der Waals surface area contributed by atoms with E-state index in [2.05, 4.69) is 10.4 Å². The second kappa shape index (κ2) is 10.1. The number of carbonyl (C=O) groups is 2. The van der Waals surface area contributed by atoms with Crippen LogP contribution < -0.4 is 10.1 Å². The number of hydrogen-bond acceptors (Lipinski definition) is 7. The molecule has 0 saturated carbocycles. The molecule has 3 rings (SSSR count). The smallest absolute Gasteiger partial charge is 0.342 e. The Morgan fingerprint density at radius 2 is 1.94 bits per heavy atom. The molecule has 10 nitrogen and oxygen atoms in total. The van der Waals surface area contributed by atoms with Gasteiger partial charge < -0.3 is 14.8 Å². The van der Waals surface area contributed by atoms with Crippen molar-refractivity contribution in [1.82, 2.24) is 9.78 Å². The van der Waals surface area contributed by atoms with Gasteiger partial charge in [0, 0.05) is 5.02 Å². The molecule has 1 amide bonds. The zero-order valence-electron chi connectivity index (χ0n) is 18.1. The van der Waals surface area contributed by atoms with Crippen molar-refractivity contribution in [3.05, 3.63) is 80.1 Å². The molecule has 11 heteroatoms. The molecule has 0 spiro atoms. The minimum Gasteiger partial charge on any atom is -0.496 e. The third-order valence-corrected chi connectivity index (χ3v) is 5.24. The van der Waals surface area contributed by atoms with E-state index in [4.69, 9.17) is 21.1 Å². The highest BCUT2D eigenvalue weighted by molar-refractivity contribution is 6.31. The highest BCUT2D eigenvalue weighted by Crippen LogP contribution is 2.29. The summed E-state index contributed by atoms with van der Waals surface area (Å²) >= 11 is 6.21. The third kappa shape index (κ3) is 5.47. The predicted molar refractivity (Wildman–Crippen MR) is 121 cm³/mol. The van der Waals surface area contributed by atoms with E-state index in [0.717, 1.165) is 5.56 Å². The molecule has 172 valence electrons. The summed E-state index contributed by atoms with van der Waals surface area (Å²) in [4.78, 5) is 35.5. The van der Waals surface area contributed by atoms with Crippen LogP contribution in [-0.4, -0.2) is 40.3 Å². The average Bonchev–Trinajstić information content (AvgIpc) is 3.06. The van der Waals surface area contributed by atoms with Gasteiger partial charge in [0.2, 0.25) is 0 Å². The number of esters is 1. The van der Waals surface area contributed by atoms with Gasteiger partial charge in [-0.15, -0.1) is 0 Å². The summed E-state index contributed by atoms with van der Waals surface area (Å²) in [5.74, 6) is -1.18. The van der Waals surface area contributed by atoms with Gasteiger partial charge in [-0.05, 0) is 37.6 Å². The Labute approximate surface area is 194 Å². The lowest BCUT2D eigenvalue weighted by Crippen LogP contribution is -2.22. The summed E-state index contributed by atoms with van der Waals surface area (Å²) in [6.45, 7) is 3.11. The van der Waals surface area contributed by atoms with Crippen molar-refractivity contribution in [3.8, 4) is 5.75 Å². The van der Waals surface area contributed by atoms with Gasteiger partial charge >= 0.3 is 5.97 Å². The molecule has 0 aliphatic carbocycles. The molecule has 0 aliphatic rings. The molecule has 0 unspecified atom stereocenters. The largest absolute Gasteiger partial charge is 0.496 e. The molecule has 1 aromatic heterocycles. The lowest BCUT2D eigenvalue weighted by Gasteiger charge is -2.09. The first-order valence-corrected chi connectivity index (χ1v) is 10.2. The summed E-state index contributed by atoms with van der Waals surface area (Å²) < 4.78 is 11.7. The number of amides is 1. The maximum atomic E-state index is 12.6. The van der Waals surface area contributed by atoms with E-state index in [9.17, 15) is 19.7 Å². The highest BCUT2D eigenvalue weighted by Gasteiger charge is 2.22. The Morgan fingerprint density at radius 1 is 1.21 bits per heavy atom. The fourth-order valence-electron chi connectivity index (χ4n) is 3.22. The van der Waals surface area contributed by atoms with Crippen LogP contribution in [-0.2, 0) is 16.1 Å². The Morgan fingerprint density at radius 3 is 2.61 bits per heavy atom. The topological polar surface area (TPSA) is 126 Å². The molecular formula is C22H21ClN4O6. The van der Waals surface area contributed by atoms with Crippen molar-refractivity contribution in [3.63, 3.8) is 0 Å². The van der Waals surface area contributed by atoms with Crippen molar-refractivity contribution in [2.75, 3.05) is 19.0 Å². The summed E-state index contributed by atoms with van der Waals surface area (Å²) in [5, 5.41) is 18.6. The number of ether oxygens (including phenoxy) is 2. The van der Waals surface area contributed by atoms with Gasteiger partial charge in [-0.3, -0.25) is 19.6 Å². The van der Waals surface area contributed by atoms with Crippen molar-refractivity contribution >= 4 is 34.9 Å². The second-order valence-corrected chi connectivity index (χ2v) is 7.47. The third-order valence-electron chi connectivity index (χ3n) is 4.87. The zero-order chi connectivity index (χ0) is 24.1. The Bertz CT molecular complexity index is 1220. The number of methoxy groups -OCH3 is 1. The number of nitro benzene ring substituents is 1. The molecule has 0 aliphatic heterocycles. The van der Waals surface area contributed by atoms with Gasteiger partial charge in [0.25, 0.3) is 11.6 Å². The van der Waals surface area contributed by atoms with E-state index < -0.39 is 23.4 Å². The lowest BCUT2D eigenvalue weighted by molar-refractivity contribution is -0.384. The van der Waals surface area contributed by atoms with Crippen LogP contribution in [0.3, 0.4) is 0 Å². The normalized spacial score (nSPS) is 10.5. The van der Waals surface area contributed by atoms with Crippen molar-refractivity contribution in [2.24, 2.45) is 0 Å². The predicted octanol–water partition coefficient (Wildman–Crippen LogP) is 3.91. The van der Waals surface area contributed by atoms with Crippen LogP contribution >= 0.6 is 11.6 Å². The Balaban J connectivity index is 1.68. The number of rotatable bonds is 8. The van der Waals surface area contributed by atoms with E-state index >= 15 is 0 Å². The maximum Gasteiger partial charge on any atom is 0.342 e. The van der Waals surface area contributed by atoms with Crippen molar-refractivity contribution in [2.45, 2.75) is 20.4 Å². The number of anilines is 1. The van der Waals surface area contributed by atoms with Crippen molar-refractivity contribution in [1.29, 1.82) is 0 Å². The Kier molecular flexibility index (Phi) is 7.29. The molecule has 1 N–H and O–H groups in total. The van der Waals surface area contributed by atoms with Gasteiger partial charge in [-0.25, -0.2) is 4.79 Å². The van der Waals surface area contributed by atoms with E-state index in [1.165, 1.54) is 25.3 Å². The molecule has 2 aromatic carbocycles. The van der Waals surface area contributed by atoms with Gasteiger partial charge in [0.15, 0.2) is 6.61 Å². The average molecular weight is 473 g/mol. The summed E-state index contributed by atoms with van der Waals surface area (Å²) in [5.41, 5.74) is 1.69. The molecule has 3 aromatic rings. The van der Waals surface area contributed by atoms with E-state index in [1.54, 1.807) is 24.6 Å². The number of aromatic nitrogens is 2. The fourth-order valence-corrected chi connectivity index (χ4v) is 3.41. The molecule has 0 atom stereocenters. The highest BCUT2D eigenvalue weighted by atomic mass is 35.5. The Hall–Kier alpha value is -3.92. The number of nitro groups is 1. The van der Waals surface area contributed by atoms with Crippen LogP contribution in [0.1, 0.15) is 27.3 Å². The standard InChI is InChI=1S/C22H21ClN4O6/c1-13-21(14(2)26(25-13)11-15-6-4-5-7-17(15)23)22(29)33-12-20(28)24-18-9-8-16(32-3)10-19(18)27(30)31/h4-10H,11-12H2,1-3H3,(H,24,28). The summed E-state index contributed by atoms with van der Waals surface area (Å²) in [6.07, 6.45) is 0. The zero-order valence-corrected chi connectivity index (χ0v) is 18.9. The van der Waals surface area contributed by atoms with Crippen LogP contribution in [0.15, 0.2) is 42.5 Å². The monoisotopic (exact) mass is 472 g/mol. The molecule has 1 heterocycles. The van der Waals surface area contributed by atoms with Gasteiger partial charge in [0.1, 0.15) is 17.0 Å². The number of benzene rings is 2. The molecule has 0 bridgehead atoms. The SMILES string of the molecule is COc1ccc(NC(=O)COC(=O)c2c(C)nn(Cc3ccccc3Cl)c2C)c([N+](=O)[O-])c1. The molecular weight excluding hydrogens is 452 g/mol. The molecule has 33 heavy (non-hydrogen) atoms. The number of halogens is 1. The van der Waals surface area contributed by atoms with E-state index in [1.807, 2.05) is 18.2 Å². The van der Waals surface area contributed by atoms with Crippen LogP contribution in [0, 0.1) is 24.0 Å². The minimum absolute atomic E-state index is 0.0400. The number of carbonyl (C=O) groups excluding carboxylic acids is 2. The number of aryl methyl sites for hydroxylation is 1. The maximum absolute atomic E-state index is 12.6. The molecule has 0 radical (unpaired) electrons. The fraction of sp³-hybridized carbons (Fsp3) is 0.227. The summed E-state index contributed by atoms with van der Waals surface area (Å²) in [7, 11) is 1.37. The number of nitrogens with zero attached hydrogens (tertiary/aromatic N) is 3. The van der Waals surface area contributed by atoms with Crippen LogP contribution in [0.25, 0.3) is 0 Å². The minimum atomic E-state index is -0.727. The first-order valence-electron chi connectivity index (χ1n) is 9.78. The first kappa shape index (κ1) is 23.7. The molecule has 0 saturated heterocycles. The number of hydrogen-bond donors (Lipinski definition) is 1. The first-order chi connectivity index (χ1) is 15.7. The second-order valence-electron chi connectivity index (χ2n) is 7.06.